The second-order valence-corrected chi connectivity index (χ2v) is 1.71. The summed E-state index contributed by atoms with van der Waals surface area (Å²) in [5, 5.41) is 10.00. The molecule has 1 aromatic heterocycles. The van der Waals surface area contributed by atoms with E-state index >= 15 is 0 Å². The van der Waals surface area contributed by atoms with Gasteiger partial charge in [-0.25, -0.2) is 4.79 Å². The Morgan fingerprint density at radius 1 is 1.38 bits per heavy atom. The third-order valence-corrected chi connectivity index (χ3v) is 0.996. The molecule has 0 radical (unpaired) electrons. The second kappa shape index (κ2) is 4.86. The SMILES string of the molecule is CC.O=c1[nH]cc([N+](=O)[O-])c(=O)[nH]1. The minimum absolute atomic E-state index is 0.676. The lowest BCUT2D eigenvalue weighted by atomic mass is 10.5. The Bertz CT molecular complexity index is 391. The molecule has 1 aromatic rings. The van der Waals surface area contributed by atoms with E-state index in [0.717, 1.165) is 6.20 Å². The first-order chi connectivity index (χ1) is 6.11. The van der Waals surface area contributed by atoms with Gasteiger partial charge >= 0.3 is 16.9 Å². The van der Waals surface area contributed by atoms with Gasteiger partial charge in [-0.1, -0.05) is 13.8 Å². The van der Waals surface area contributed by atoms with E-state index in [4.69, 9.17) is 0 Å². The van der Waals surface area contributed by atoms with Gasteiger partial charge in [0.2, 0.25) is 0 Å². The Morgan fingerprint density at radius 2 is 1.92 bits per heavy atom. The molecule has 2 N–H and O–H groups in total. The van der Waals surface area contributed by atoms with E-state index in [1.54, 1.807) is 4.98 Å². The molecule has 13 heavy (non-hydrogen) atoms. The summed E-state index contributed by atoms with van der Waals surface area (Å²) in [6.45, 7) is 4.00. The molecule has 0 saturated carbocycles. The number of rotatable bonds is 1. The lowest BCUT2D eigenvalue weighted by Gasteiger charge is -1.85. The second-order valence-electron chi connectivity index (χ2n) is 1.71. The predicted octanol–water partition coefficient (Wildman–Crippen LogP) is -0.00240. The molecule has 0 saturated heterocycles. The van der Waals surface area contributed by atoms with Crippen molar-refractivity contribution in [2.45, 2.75) is 13.8 Å². The Hall–Kier alpha value is -1.92. The Labute approximate surface area is 72.6 Å². The normalized spacial score (nSPS) is 8.46. The number of nitrogens with one attached hydrogen (secondary N) is 2. The zero-order chi connectivity index (χ0) is 10.4. The molecule has 0 atom stereocenters. The highest BCUT2D eigenvalue weighted by Gasteiger charge is 2.10. The van der Waals surface area contributed by atoms with Crippen molar-refractivity contribution in [2.75, 3.05) is 0 Å². The third kappa shape index (κ3) is 2.89. The van der Waals surface area contributed by atoms with E-state index in [-0.39, 0.29) is 0 Å². The van der Waals surface area contributed by atoms with Crippen LogP contribution in [0.1, 0.15) is 13.8 Å². The minimum Gasteiger partial charge on any atom is -0.307 e. The molecule has 0 amide bonds. The summed E-state index contributed by atoms with van der Waals surface area (Å²) in [6, 6.07) is 0. The molecular weight excluding hydrogens is 178 g/mol. The van der Waals surface area contributed by atoms with Crippen LogP contribution in [0.3, 0.4) is 0 Å². The summed E-state index contributed by atoms with van der Waals surface area (Å²) in [4.78, 5) is 33.7. The highest BCUT2D eigenvalue weighted by Crippen LogP contribution is 1.94. The zero-order valence-corrected chi connectivity index (χ0v) is 7.16. The van der Waals surface area contributed by atoms with Crippen LogP contribution in [0.15, 0.2) is 15.8 Å². The van der Waals surface area contributed by atoms with Crippen molar-refractivity contribution in [1.29, 1.82) is 0 Å². The van der Waals surface area contributed by atoms with Crippen LogP contribution in [-0.4, -0.2) is 14.9 Å². The van der Waals surface area contributed by atoms with Crippen LogP contribution in [-0.2, 0) is 0 Å². The van der Waals surface area contributed by atoms with Gasteiger partial charge in [0, 0.05) is 0 Å². The Morgan fingerprint density at radius 3 is 2.31 bits per heavy atom. The van der Waals surface area contributed by atoms with Crippen LogP contribution < -0.4 is 11.2 Å². The number of nitrogens with zero attached hydrogens (tertiary/aromatic N) is 1. The molecule has 7 heteroatoms. The van der Waals surface area contributed by atoms with Crippen molar-refractivity contribution in [2.24, 2.45) is 0 Å². The average Bonchev–Trinajstić information content (AvgIpc) is 2.07. The molecule has 1 rings (SSSR count). The van der Waals surface area contributed by atoms with Gasteiger partial charge in [-0.2, -0.15) is 0 Å². The molecule has 1 heterocycles. The number of H-pyrrole nitrogens is 2. The lowest BCUT2D eigenvalue weighted by Crippen LogP contribution is -2.23. The van der Waals surface area contributed by atoms with Crippen molar-refractivity contribution in [3.63, 3.8) is 0 Å². The van der Waals surface area contributed by atoms with Gasteiger partial charge in [0.1, 0.15) is 0 Å². The van der Waals surface area contributed by atoms with Crippen molar-refractivity contribution in [1.82, 2.24) is 9.97 Å². The van der Waals surface area contributed by atoms with Crippen molar-refractivity contribution >= 4 is 5.69 Å². The molecule has 0 fully saturated rings. The number of hydrogen-bond donors (Lipinski definition) is 2. The Balaban J connectivity index is 0.000000671. The predicted molar refractivity (Wildman–Crippen MR) is 45.7 cm³/mol. The number of nitro groups is 1. The molecular formula is C6H9N3O4. The number of aromatic nitrogens is 2. The van der Waals surface area contributed by atoms with Crippen molar-refractivity contribution in [3.05, 3.63) is 37.1 Å². The Kier molecular flexibility index (Phi) is 4.14. The van der Waals surface area contributed by atoms with Gasteiger partial charge in [0.25, 0.3) is 0 Å². The molecule has 0 unspecified atom stereocenters. The molecule has 7 nitrogen and oxygen atoms in total. The summed E-state index contributed by atoms with van der Waals surface area (Å²) in [5.41, 5.74) is -2.44. The lowest BCUT2D eigenvalue weighted by molar-refractivity contribution is -0.386. The molecule has 0 aromatic carbocycles. The maximum atomic E-state index is 10.6. The van der Waals surface area contributed by atoms with Crippen molar-refractivity contribution < 1.29 is 4.92 Å². The van der Waals surface area contributed by atoms with Gasteiger partial charge in [-0.3, -0.25) is 19.9 Å². The van der Waals surface area contributed by atoms with Gasteiger partial charge < -0.3 is 4.98 Å². The highest BCUT2D eigenvalue weighted by molar-refractivity contribution is 5.19. The maximum absolute atomic E-state index is 10.6. The molecule has 72 valence electrons. The first-order valence-corrected chi connectivity index (χ1v) is 3.57. The molecule has 0 aliphatic carbocycles. The fourth-order valence-electron chi connectivity index (χ4n) is 0.538. The summed E-state index contributed by atoms with van der Waals surface area (Å²) < 4.78 is 0. The van der Waals surface area contributed by atoms with Crippen LogP contribution >= 0.6 is 0 Å². The fourth-order valence-corrected chi connectivity index (χ4v) is 0.538. The zero-order valence-electron chi connectivity index (χ0n) is 7.16. The molecule has 0 aliphatic heterocycles. The van der Waals surface area contributed by atoms with Crippen molar-refractivity contribution in [3.8, 4) is 0 Å². The van der Waals surface area contributed by atoms with E-state index in [1.807, 2.05) is 18.8 Å². The van der Waals surface area contributed by atoms with Gasteiger partial charge in [-0.05, 0) is 0 Å². The number of aromatic amines is 2. The van der Waals surface area contributed by atoms with E-state index in [1.165, 1.54) is 0 Å². The van der Waals surface area contributed by atoms with Crippen LogP contribution in [0.4, 0.5) is 5.69 Å². The van der Waals surface area contributed by atoms with Gasteiger partial charge in [0.05, 0.1) is 11.1 Å². The van der Waals surface area contributed by atoms with Gasteiger partial charge in [-0.15, -0.1) is 0 Å². The molecule has 0 aliphatic rings. The van der Waals surface area contributed by atoms with E-state index < -0.39 is 21.9 Å². The van der Waals surface area contributed by atoms with E-state index in [9.17, 15) is 19.7 Å². The molecule has 0 spiro atoms. The first-order valence-electron chi connectivity index (χ1n) is 3.57. The van der Waals surface area contributed by atoms with Gasteiger partial charge in [0.15, 0.2) is 0 Å². The summed E-state index contributed by atoms with van der Waals surface area (Å²) in [7, 11) is 0. The van der Waals surface area contributed by atoms with Crippen LogP contribution in [0, 0.1) is 10.1 Å². The van der Waals surface area contributed by atoms with Crippen LogP contribution in [0.2, 0.25) is 0 Å². The highest BCUT2D eigenvalue weighted by atomic mass is 16.6. The van der Waals surface area contributed by atoms with Crippen LogP contribution in [0.25, 0.3) is 0 Å². The third-order valence-electron chi connectivity index (χ3n) is 0.996. The minimum atomic E-state index is -1.00. The summed E-state index contributed by atoms with van der Waals surface area (Å²) >= 11 is 0. The smallest absolute Gasteiger partial charge is 0.307 e. The summed E-state index contributed by atoms with van der Waals surface area (Å²) in [6.07, 6.45) is 0.751. The average molecular weight is 187 g/mol. The molecule has 0 bridgehead atoms. The largest absolute Gasteiger partial charge is 0.349 e. The number of hydrogen-bond acceptors (Lipinski definition) is 4. The first kappa shape index (κ1) is 11.1. The fraction of sp³-hybridized carbons (Fsp3) is 0.333. The van der Waals surface area contributed by atoms with Crippen LogP contribution in [0.5, 0.6) is 0 Å². The maximum Gasteiger partial charge on any atom is 0.349 e. The van der Waals surface area contributed by atoms with E-state index in [0.29, 0.717) is 0 Å². The topological polar surface area (TPSA) is 109 Å². The summed E-state index contributed by atoms with van der Waals surface area (Å²) in [5.74, 6) is 0. The van der Waals surface area contributed by atoms with E-state index in [2.05, 4.69) is 0 Å². The standard InChI is InChI=1S/C4H3N3O4.C2H6/c8-3-2(7(10)11)1-5-4(9)6-3;1-2/h1H,(H2,5,6,8,9);1-2H3. The monoisotopic (exact) mass is 187 g/mol. The quantitative estimate of drug-likeness (QED) is 0.476.